The van der Waals surface area contributed by atoms with Crippen LogP contribution in [-0.4, -0.2) is 48.5 Å². The first-order valence-electron chi connectivity index (χ1n) is 13.6. The molecule has 224 valence electrons. The highest BCUT2D eigenvalue weighted by Gasteiger charge is 2.29. The van der Waals surface area contributed by atoms with Gasteiger partial charge in [-0.25, -0.2) is 28.5 Å². The Bertz CT molecular complexity index is 1750. The molecule has 43 heavy (non-hydrogen) atoms. The summed E-state index contributed by atoms with van der Waals surface area (Å²) in [5.41, 5.74) is 7.41. The second kappa shape index (κ2) is 12.3. The minimum absolute atomic E-state index is 0.00915. The Morgan fingerprint density at radius 1 is 1.07 bits per heavy atom. The molecule has 0 spiro atoms. The zero-order valence-corrected chi connectivity index (χ0v) is 24.3. The molecule has 0 bridgehead atoms. The number of halogens is 2. The first-order valence-corrected chi connectivity index (χ1v) is 15.1. The van der Waals surface area contributed by atoms with E-state index in [2.05, 4.69) is 14.7 Å². The maximum absolute atomic E-state index is 14.0. The van der Waals surface area contributed by atoms with Crippen molar-refractivity contribution in [2.24, 2.45) is 0 Å². The van der Waals surface area contributed by atoms with Crippen molar-refractivity contribution in [1.82, 2.24) is 19.7 Å². The van der Waals surface area contributed by atoms with Crippen LogP contribution in [0.4, 0.5) is 20.4 Å². The lowest BCUT2D eigenvalue weighted by atomic mass is 9.90. The summed E-state index contributed by atoms with van der Waals surface area (Å²) in [7, 11) is -4.36. The number of nitrogens with zero attached hydrogens (tertiary/aromatic N) is 4. The number of nitrogens with one attached hydrogen (secondary N) is 1. The Kier molecular flexibility index (Phi) is 8.53. The number of sulfonamides is 1. The summed E-state index contributed by atoms with van der Waals surface area (Å²) in [6, 6.07) is 14.5. The molecule has 1 aliphatic heterocycles. The summed E-state index contributed by atoms with van der Waals surface area (Å²) < 4.78 is 61.3. The van der Waals surface area contributed by atoms with Gasteiger partial charge in [0.15, 0.2) is 16.7 Å². The van der Waals surface area contributed by atoms with Crippen LogP contribution in [0.1, 0.15) is 48.5 Å². The molecular weight excluding hydrogens is 578 g/mol. The number of amides is 1. The number of carbonyl (C=O) groups is 1. The number of hydrogen-bond donors (Lipinski definition) is 2. The van der Waals surface area contributed by atoms with Gasteiger partial charge in [0, 0.05) is 36.8 Å². The van der Waals surface area contributed by atoms with Gasteiger partial charge < -0.3 is 15.4 Å². The van der Waals surface area contributed by atoms with E-state index in [0.29, 0.717) is 48.6 Å². The van der Waals surface area contributed by atoms with E-state index in [1.54, 1.807) is 30.5 Å². The van der Waals surface area contributed by atoms with Crippen LogP contribution in [0.5, 0.6) is 5.88 Å². The molecule has 1 amide bonds. The monoisotopic (exact) mass is 608 g/mol. The smallest absolute Gasteiger partial charge is 0.281 e. The zero-order chi connectivity index (χ0) is 30.7. The van der Waals surface area contributed by atoms with Crippen molar-refractivity contribution in [2.45, 2.75) is 43.7 Å². The number of aromatic nitrogens is 3. The Hall–Kier alpha value is -4.65. The van der Waals surface area contributed by atoms with Crippen LogP contribution in [0, 0.1) is 11.6 Å². The molecule has 4 heterocycles. The molecule has 10 nitrogen and oxygen atoms in total. The molecule has 1 fully saturated rings. The molecule has 1 aliphatic rings. The molecule has 5 rings (SSSR count). The number of carbonyl (C=O) groups excluding carboxylic acids is 1. The summed E-state index contributed by atoms with van der Waals surface area (Å²) in [5.74, 6) is -2.29. The topological polar surface area (TPSA) is 140 Å². The number of anilines is 2. The minimum Gasteiger partial charge on any atom is -0.475 e. The lowest BCUT2D eigenvalue weighted by molar-refractivity contribution is 0.0981. The Labute approximate surface area is 248 Å². The maximum Gasteiger partial charge on any atom is 0.281 e. The second-order valence-corrected chi connectivity index (χ2v) is 12.0. The van der Waals surface area contributed by atoms with E-state index in [1.807, 2.05) is 18.7 Å². The quantitative estimate of drug-likeness (QED) is 0.292. The van der Waals surface area contributed by atoms with Gasteiger partial charge in [-0.2, -0.15) is 8.42 Å². The average Bonchev–Trinajstić information content (AvgIpc) is 2.98. The van der Waals surface area contributed by atoms with Gasteiger partial charge in [-0.05, 0) is 74.7 Å². The van der Waals surface area contributed by atoms with Crippen molar-refractivity contribution in [3.63, 3.8) is 0 Å². The standard InChI is InChI=1S/C30H30F2N6O4S/c1-18(2)42-27-13-9-20(16-34-27)25-12-10-22(30(39)37-43(40,41)28-7-3-6-26(33)36-28)29(35-25)38-14-4-5-21(17-38)19-8-11-23(31)24(32)15-19/h3,6-13,15-16,18,21H,4-5,14,17H2,1-2H3,(H2,33,36)(H,37,39). The fraction of sp³-hybridized carbons (Fsp3) is 0.267. The van der Waals surface area contributed by atoms with Gasteiger partial charge in [0.1, 0.15) is 11.6 Å². The Morgan fingerprint density at radius 2 is 1.88 bits per heavy atom. The van der Waals surface area contributed by atoms with Gasteiger partial charge in [0.2, 0.25) is 5.88 Å². The van der Waals surface area contributed by atoms with Crippen LogP contribution >= 0.6 is 0 Å². The van der Waals surface area contributed by atoms with Gasteiger partial charge >= 0.3 is 0 Å². The number of ether oxygens (including phenoxy) is 1. The van der Waals surface area contributed by atoms with Crippen LogP contribution in [0.25, 0.3) is 11.3 Å². The number of hydrogen-bond acceptors (Lipinski definition) is 9. The van der Waals surface area contributed by atoms with Crippen molar-refractivity contribution in [1.29, 1.82) is 0 Å². The molecule has 4 aromatic rings. The molecular formula is C30H30F2N6O4S. The molecule has 1 aromatic carbocycles. The summed E-state index contributed by atoms with van der Waals surface area (Å²) in [6.07, 6.45) is 2.92. The molecule has 3 aromatic heterocycles. The molecule has 3 N–H and O–H groups in total. The minimum atomic E-state index is -4.36. The first kappa shape index (κ1) is 29.8. The number of benzene rings is 1. The lowest BCUT2D eigenvalue weighted by Gasteiger charge is -2.35. The van der Waals surface area contributed by atoms with E-state index in [0.717, 1.165) is 6.07 Å². The first-order chi connectivity index (χ1) is 20.5. The van der Waals surface area contributed by atoms with Gasteiger partial charge in [-0.3, -0.25) is 4.79 Å². The second-order valence-electron chi connectivity index (χ2n) is 10.4. The maximum atomic E-state index is 14.0. The van der Waals surface area contributed by atoms with Gasteiger partial charge in [-0.1, -0.05) is 12.1 Å². The van der Waals surface area contributed by atoms with Crippen molar-refractivity contribution in [3.8, 4) is 17.1 Å². The largest absolute Gasteiger partial charge is 0.475 e. The van der Waals surface area contributed by atoms with E-state index in [9.17, 15) is 22.0 Å². The molecule has 1 unspecified atom stereocenters. The van der Waals surface area contributed by atoms with Crippen LogP contribution in [0.3, 0.4) is 0 Å². The molecule has 1 atom stereocenters. The van der Waals surface area contributed by atoms with Crippen LogP contribution in [-0.2, 0) is 10.0 Å². The predicted octanol–water partition coefficient (Wildman–Crippen LogP) is 4.69. The third-order valence-corrected chi connectivity index (χ3v) is 8.12. The van der Waals surface area contributed by atoms with E-state index in [4.69, 9.17) is 15.5 Å². The van der Waals surface area contributed by atoms with Crippen LogP contribution in [0.2, 0.25) is 0 Å². The molecule has 13 heteroatoms. The summed E-state index contributed by atoms with van der Waals surface area (Å²) >= 11 is 0. The van der Waals surface area contributed by atoms with Crippen molar-refractivity contribution in [3.05, 3.63) is 89.6 Å². The third kappa shape index (κ3) is 6.88. The normalized spacial score (nSPS) is 15.4. The highest BCUT2D eigenvalue weighted by molar-refractivity contribution is 7.90. The SMILES string of the molecule is CC(C)Oc1ccc(-c2ccc(C(=O)NS(=O)(=O)c3cccc(N)n3)c(N3CCCC(c4ccc(F)c(F)c4)C3)n2)cn1. The van der Waals surface area contributed by atoms with Gasteiger partial charge in [0.25, 0.3) is 15.9 Å². The highest BCUT2D eigenvalue weighted by Crippen LogP contribution is 2.33. The fourth-order valence-electron chi connectivity index (χ4n) is 4.89. The Balaban J connectivity index is 1.51. The summed E-state index contributed by atoms with van der Waals surface area (Å²) in [4.78, 5) is 28.2. The highest BCUT2D eigenvalue weighted by atomic mass is 32.2. The van der Waals surface area contributed by atoms with Gasteiger partial charge in [-0.15, -0.1) is 0 Å². The molecule has 0 radical (unpaired) electrons. The molecule has 0 saturated carbocycles. The van der Waals surface area contributed by atoms with E-state index in [1.165, 1.54) is 30.3 Å². The van der Waals surface area contributed by atoms with Crippen LogP contribution < -0.4 is 20.1 Å². The fourth-order valence-corrected chi connectivity index (χ4v) is 5.83. The average molecular weight is 609 g/mol. The van der Waals surface area contributed by atoms with Crippen molar-refractivity contribution in [2.75, 3.05) is 23.7 Å². The zero-order valence-electron chi connectivity index (χ0n) is 23.5. The number of nitrogen functional groups attached to an aromatic ring is 1. The molecule has 1 saturated heterocycles. The number of rotatable bonds is 8. The van der Waals surface area contributed by atoms with E-state index in [-0.39, 0.29) is 29.2 Å². The number of nitrogens with two attached hydrogens (primary N) is 1. The van der Waals surface area contributed by atoms with E-state index >= 15 is 0 Å². The Morgan fingerprint density at radius 3 is 2.58 bits per heavy atom. The number of pyridine rings is 3. The summed E-state index contributed by atoms with van der Waals surface area (Å²) in [5, 5.41) is -0.405. The van der Waals surface area contributed by atoms with Crippen molar-refractivity contribution < 1.29 is 26.7 Å². The lowest BCUT2D eigenvalue weighted by Crippen LogP contribution is -2.38. The summed E-state index contributed by atoms with van der Waals surface area (Å²) in [6.45, 7) is 4.62. The van der Waals surface area contributed by atoms with Gasteiger partial charge in [0.05, 0.1) is 17.4 Å². The third-order valence-electron chi connectivity index (χ3n) is 6.89. The van der Waals surface area contributed by atoms with Crippen molar-refractivity contribution >= 4 is 27.6 Å². The number of piperidine rings is 1. The molecule has 0 aliphatic carbocycles. The van der Waals surface area contributed by atoms with E-state index < -0.39 is 32.6 Å². The van der Waals surface area contributed by atoms with Crippen LogP contribution in [0.15, 0.2) is 71.9 Å². The predicted molar refractivity (Wildman–Crippen MR) is 157 cm³/mol.